The molecule has 3 nitrogen and oxygen atoms in total. The van der Waals surface area contributed by atoms with E-state index in [1.54, 1.807) is 0 Å². The molecule has 0 aliphatic carbocycles. The van der Waals surface area contributed by atoms with Crippen LogP contribution in [0, 0.1) is 0 Å². The highest BCUT2D eigenvalue weighted by molar-refractivity contribution is 4.78. The second kappa shape index (κ2) is 3.52. The Bertz CT molecular complexity index is 115. The van der Waals surface area contributed by atoms with Crippen LogP contribution in [0.1, 0.15) is 19.3 Å². The molecular formula is C8H17N3. The van der Waals surface area contributed by atoms with Gasteiger partial charge in [-0.25, -0.2) is 5.01 Å². The Kier molecular flexibility index (Phi) is 2.41. The molecule has 64 valence electrons. The van der Waals surface area contributed by atoms with Crippen molar-refractivity contribution in [1.29, 1.82) is 0 Å². The van der Waals surface area contributed by atoms with Crippen LogP contribution in [0.4, 0.5) is 0 Å². The molecule has 2 aliphatic heterocycles. The third kappa shape index (κ3) is 1.72. The van der Waals surface area contributed by atoms with Gasteiger partial charge in [0.1, 0.15) is 0 Å². The van der Waals surface area contributed by atoms with Gasteiger partial charge in [-0.05, 0) is 32.4 Å². The van der Waals surface area contributed by atoms with E-state index in [0.717, 1.165) is 6.04 Å². The standard InChI is InChI=1S/C8H17N3/c1-4-10-11(7-1)8-2-5-9-6-3-8/h8-10H,1-7H2. The lowest BCUT2D eigenvalue weighted by molar-refractivity contribution is 0.143. The topological polar surface area (TPSA) is 27.3 Å². The summed E-state index contributed by atoms with van der Waals surface area (Å²) in [4.78, 5) is 0. The number of hydrogen-bond acceptors (Lipinski definition) is 3. The summed E-state index contributed by atoms with van der Waals surface area (Å²) in [7, 11) is 0. The first-order valence-corrected chi connectivity index (χ1v) is 4.68. The summed E-state index contributed by atoms with van der Waals surface area (Å²) in [6.07, 6.45) is 3.95. The van der Waals surface area contributed by atoms with E-state index in [1.165, 1.54) is 45.4 Å². The number of piperidine rings is 1. The van der Waals surface area contributed by atoms with E-state index < -0.39 is 0 Å². The maximum absolute atomic E-state index is 3.43. The summed E-state index contributed by atoms with van der Waals surface area (Å²) in [6, 6.07) is 0.804. The van der Waals surface area contributed by atoms with Crippen molar-refractivity contribution >= 4 is 0 Å². The molecule has 11 heavy (non-hydrogen) atoms. The van der Waals surface area contributed by atoms with Crippen molar-refractivity contribution in [1.82, 2.24) is 15.8 Å². The van der Waals surface area contributed by atoms with Crippen molar-refractivity contribution in [2.75, 3.05) is 26.2 Å². The van der Waals surface area contributed by atoms with E-state index in [4.69, 9.17) is 0 Å². The Hall–Kier alpha value is -0.120. The van der Waals surface area contributed by atoms with Gasteiger partial charge in [0, 0.05) is 19.1 Å². The highest BCUT2D eigenvalue weighted by Gasteiger charge is 2.22. The Labute approximate surface area is 68.1 Å². The van der Waals surface area contributed by atoms with Gasteiger partial charge in [-0.1, -0.05) is 0 Å². The minimum absolute atomic E-state index is 0.804. The van der Waals surface area contributed by atoms with Gasteiger partial charge in [0.05, 0.1) is 0 Å². The van der Waals surface area contributed by atoms with Gasteiger partial charge in [0.25, 0.3) is 0 Å². The molecule has 0 spiro atoms. The van der Waals surface area contributed by atoms with Crippen LogP contribution in [0.15, 0.2) is 0 Å². The fourth-order valence-electron chi connectivity index (χ4n) is 1.98. The molecule has 0 aromatic carbocycles. The molecule has 2 N–H and O–H groups in total. The van der Waals surface area contributed by atoms with Crippen molar-refractivity contribution in [3.63, 3.8) is 0 Å². The Balaban J connectivity index is 1.82. The maximum atomic E-state index is 3.43. The first-order chi connectivity index (χ1) is 5.47. The Morgan fingerprint density at radius 3 is 2.55 bits per heavy atom. The molecule has 0 amide bonds. The molecule has 2 aliphatic rings. The third-order valence-corrected chi connectivity index (χ3v) is 2.64. The van der Waals surface area contributed by atoms with Gasteiger partial charge in [-0.3, -0.25) is 5.43 Å². The molecule has 0 atom stereocenters. The summed E-state index contributed by atoms with van der Waals surface area (Å²) < 4.78 is 0. The van der Waals surface area contributed by atoms with Crippen LogP contribution in [-0.2, 0) is 0 Å². The van der Waals surface area contributed by atoms with Crippen LogP contribution in [0.3, 0.4) is 0 Å². The summed E-state index contributed by atoms with van der Waals surface area (Å²) >= 11 is 0. The molecule has 0 unspecified atom stereocenters. The lowest BCUT2D eigenvalue weighted by Crippen LogP contribution is -2.46. The fraction of sp³-hybridized carbons (Fsp3) is 1.00. The van der Waals surface area contributed by atoms with E-state index >= 15 is 0 Å². The highest BCUT2D eigenvalue weighted by Crippen LogP contribution is 2.12. The number of nitrogens with zero attached hydrogens (tertiary/aromatic N) is 1. The van der Waals surface area contributed by atoms with Crippen molar-refractivity contribution in [3.8, 4) is 0 Å². The largest absolute Gasteiger partial charge is 0.317 e. The molecular weight excluding hydrogens is 138 g/mol. The van der Waals surface area contributed by atoms with Crippen molar-refractivity contribution < 1.29 is 0 Å². The first kappa shape index (κ1) is 7.53. The van der Waals surface area contributed by atoms with E-state index in [2.05, 4.69) is 15.8 Å². The van der Waals surface area contributed by atoms with Crippen LogP contribution in [0.2, 0.25) is 0 Å². The van der Waals surface area contributed by atoms with Crippen molar-refractivity contribution in [2.24, 2.45) is 0 Å². The Morgan fingerprint density at radius 2 is 1.91 bits per heavy atom. The minimum atomic E-state index is 0.804. The fourth-order valence-corrected chi connectivity index (χ4v) is 1.98. The van der Waals surface area contributed by atoms with Gasteiger partial charge in [0.2, 0.25) is 0 Å². The van der Waals surface area contributed by atoms with E-state index in [9.17, 15) is 0 Å². The highest BCUT2D eigenvalue weighted by atomic mass is 15.5. The predicted octanol–water partition coefficient (Wildman–Crippen LogP) is -0.0513. The number of hydrazine groups is 1. The van der Waals surface area contributed by atoms with Crippen LogP contribution in [-0.4, -0.2) is 37.2 Å². The second-order valence-corrected chi connectivity index (χ2v) is 3.44. The lowest BCUT2D eigenvalue weighted by Gasteiger charge is -2.30. The average Bonchev–Trinajstić information content (AvgIpc) is 2.58. The SMILES string of the molecule is C1CNN(C2CCNCC2)C1. The van der Waals surface area contributed by atoms with Crippen molar-refractivity contribution in [2.45, 2.75) is 25.3 Å². The molecule has 2 fully saturated rings. The van der Waals surface area contributed by atoms with Crippen molar-refractivity contribution in [3.05, 3.63) is 0 Å². The van der Waals surface area contributed by atoms with Crippen LogP contribution < -0.4 is 10.7 Å². The zero-order valence-corrected chi connectivity index (χ0v) is 6.97. The van der Waals surface area contributed by atoms with Gasteiger partial charge in [-0.2, -0.15) is 0 Å². The third-order valence-electron chi connectivity index (χ3n) is 2.64. The van der Waals surface area contributed by atoms with Gasteiger partial charge < -0.3 is 5.32 Å². The molecule has 2 rings (SSSR count). The normalized spacial score (nSPS) is 29.5. The van der Waals surface area contributed by atoms with Gasteiger partial charge >= 0.3 is 0 Å². The van der Waals surface area contributed by atoms with Gasteiger partial charge in [-0.15, -0.1) is 0 Å². The molecule has 0 radical (unpaired) electrons. The van der Waals surface area contributed by atoms with Crippen LogP contribution in [0.5, 0.6) is 0 Å². The molecule has 0 aromatic heterocycles. The average molecular weight is 155 g/mol. The maximum Gasteiger partial charge on any atom is 0.0267 e. The zero-order chi connectivity index (χ0) is 7.52. The van der Waals surface area contributed by atoms with Gasteiger partial charge in [0.15, 0.2) is 0 Å². The smallest absolute Gasteiger partial charge is 0.0267 e. The predicted molar refractivity (Wildman–Crippen MR) is 45.2 cm³/mol. The number of rotatable bonds is 1. The van der Waals surface area contributed by atoms with E-state index in [1.807, 2.05) is 0 Å². The summed E-state index contributed by atoms with van der Waals surface area (Å²) in [5.41, 5.74) is 3.43. The molecule has 0 bridgehead atoms. The quantitative estimate of drug-likeness (QED) is 0.556. The molecule has 0 aromatic rings. The number of nitrogens with one attached hydrogen (secondary N) is 2. The summed E-state index contributed by atoms with van der Waals surface area (Å²) in [5.74, 6) is 0. The molecule has 2 heterocycles. The monoisotopic (exact) mass is 155 g/mol. The first-order valence-electron chi connectivity index (χ1n) is 4.68. The lowest BCUT2D eigenvalue weighted by atomic mass is 10.1. The zero-order valence-electron chi connectivity index (χ0n) is 6.97. The summed E-state index contributed by atoms with van der Waals surface area (Å²) in [6.45, 7) is 4.83. The Morgan fingerprint density at radius 1 is 1.09 bits per heavy atom. The van der Waals surface area contributed by atoms with Crippen LogP contribution in [0.25, 0.3) is 0 Å². The van der Waals surface area contributed by atoms with E-state index in [0.29, 0.717) is 0 Å². The molecule has 2 saturated heterocycles. The van der Waals surface area contributed by atoms with Crippen LogP contribution >= 0.6 is 0 Å². The second-order valence-electron chi connectivity index (χ2n) is 3.44. The molecule has 3 heteroatoms. The molecule has 0 saturated carbocycles. The van der Waals surface area contributed by atoms with E-state index in [-0.39, 0.29) is 0 Å². The minimum Gasteiger partial charge on any atom is -0.317 e. The number of hydrogen-bond donors (Lipinski definition) is 2. The summed E-state index contributed by atoms with van der Waals surface area (Å²) in [5, 5.41) is 5.82.